The van der Waals surface area contributed by atoms with E-state index in [1.165, 1.54) is 18.3 Å². The Labute approximate surface area is 171 Å². The van der Waals surface area contributed by atoms with E-state index in [0.29, 0.717) is 12.8 Å². The number of aliphatic hydroxyl groups excluding tert-OH is 2. The molecule has 2 aliphatic heterocycles. The second kappa shape index (κ2) is 5.64. The first-order chi connectivity index (χ1) is 13.9. The van der Waals surface area contributed by atoms with Crippen LogP contribution in [0, 0.1) is 40.4 Å². The molecule has 2 saturated carbocycles. The van der Waals surface area contributed by atoms with E-state index in [-0.39, 0.29) is 42.2 Å². The predicted octanol–water partition coefficient (Wildman–Crippen LogP) is 1.30. The molecule has 0 aromatic rings. The molecule has 6 heteroatoms. The van der Waals surface area contributed by atoms with Gasteiger partial charge in [-0.3, -0.25) is 9.69 Å². The Morgan fingerprint density at radius 1 is 1.28 bits per heavy atom. The lowest BCUT2D eigenvalue weighted by Gasteiger charge is -2.70. The highest BCUT2D eigenvalue weighted by Gasteiger charge is 2.83. The fourth-order valence-corrected chi connectivity index (χ4v) is 9.56. The molecule has 29 heavy (non-hydrogen) atoms. The van der Waals surface area contributed by atoms with Gasteiger partial charge >= 0.3 is 5.97 Å². The fraction of sp³-hybridized carbons (Fsp3) is 0.870. The number of hydrogen-bond donors (Lipinski definition) is 3. The SMILES string of the molecule is COC(=O)[C@@H]1C[C@@]23C4=C(CC[C@@H]5CN6C[C@H](C)[C@@H](C[C@@H](O)[C@@]52CO)[C@]63O)CC[C@@H]41. The van der Waals surface area contributed by atoms with E-state index in [2.05, 4.69) is 11.8 Å². The molecular weight excluding hydrogens is 370 g/mol. The van der Waals surface area contributed by atoms with Crippen LogP contribution < -0.4 is 0 Å². The van der Waals surface area contributed by atoms with Crippen molar-refractivity contribution >= 4 is 5.97 Å². The zero-order valence-electron chi connectivity index (χ0n) is 17.4. The van der Waals surface area contributed by atoms with Gasteiger partial charge in [-0.1, -0.05) is 18.1 Å². The molecule has 0 unspecified atom stereocenters. The number of nitrogens with zero attached hydrogens (tertiary/aromatic N) is 1. The summed E-state index contributed by atoms with van der Waals surface area (Å²) in [5, 5.41) is 35.2. The Bertz CT molecular complexity index is 811. The molecular formula is C23H33NO5. The van der Waals surface area contributed by atoms with Gasteiger partial charge in [0.1, 0.15) is 5.72 Å². The number of allylic oxidation sites excluding steroid dienone is 1. The highest BCUT2D eigenvalue weighted by atomic mass is 16.5. The Morgan fingerprint density at radius 2 is 2.03 bits per heavy atom. The lowest BCUT2D eigenvalue weighted by molar-refractivity contribution is -0.332. The van der Waals surface area contributed by atoms with Crippen LogP contribution in [0.25, 0.3) is 0 Å². The molecule has 6 nitrogen and oxygen atoms in total. The quantitative estimate of drug-likeness (QED) is 0.476. The second-order valence-corrected chi connectivity index (χ2v) is 10.8. The number of carbonyl (C=O) groups is 1. The van der Waals surface area contributed by atoms with Gasteiger partial charge < -0.3 is 20.1 Å². The van der Waals surface area contributed by atoms with E-state index in [1.54, 1.807) is 0 Å². The number of methoxy groups -OCH3 is 1. The summed E-state index contributed by atoms with van der Waals surface area (Å²) in [5.41, 5.74) is -0.00197. The van der Waals surface area contributed by atoms with Crippen LogP contribution >= 0.6 is 0 Å². The van der Waals surface area contributed by atoms with Gasteiger partial charge in [0.05, 0.1) is 25.7 Å². The maximum atomic E-state index is 12.9. The number of ether oxygens (including phenoxy) is 1. The first-order valence-corrected chi connectivity index (χ1v) is 11.4. The molecule has 0 aromatic heterocycles. The third-order valence-corrected chi connectivity index (χ3v) is 10.4. The summed E-state index contributed by atoms with van der Waals surface area (Å²) in [6.07, 6.45) is 4.16. The molecule has 2 saturated heterocycles. The van der Waals surface area contributed by atoms with Crippen LogP contribution in [0.15, 0.2) is 11.1 Å². The summed E-state index contributed by atoms with van der Waals surface area (Å²) in [7, 11) is 1.45. The molecule has 4 bridgehead atoms. The Kier molecular flexibility index (Phi) is 3.65. The molecule has 2 heterocycles. The zero-order chi connectivity index (χ0) is 20.3. The molecule has 0 aromatic carbocycles. The maximum absolute atomic E-state index is 12.9. The van der Waals surface area contributed by atoms with Crippen LogP contribution in [0.5, 0.6) is 0 Å². The Hall–Kier alpha value is -0.950. The topological polar surface area (TPSA) is 90.2 Å². The van der Waals surface area contributed by atoms with Crippen molar-refractivity contribution in [3.05, 3.63) is 11.1 Å². The smallest absolute Gasteiger partial charge is 0.309 e. The van der Waals surface area contributed by atoms with E-state index >= 15 is 0 Å². The normalized spacial score (nSPS) is 55.1. The molecule has 160 valence electrons. The average molecular weight is 404 g/mol. The molecule has 6 rings (SSSR count). The van der Waals surface area contributed by atoms with Crippen molar-refractivity contribution in [2.45, 2.75) is 57.3 Å². The molecule has 6 aliphatic rings. The van der Waals surface area contributed by atoms with Crippen LogP contribution in [-0.2, 0) is 9.53 Å². The third kappa shape index (κ3) is 1.73. The summed E-state index contributed by atoms with van der Waals surface area (Å²) in [5.74, 6) is -0.0503. The van der Waals surface area contributed by atoms with Gasteiger partial charge in [0.2, 0.25) is 0 Å². The molecule has 1 spiro atoms. The first-order valence-electron chi connectivity index (χ1n) is 11.4. The van der Waals surface area contributed by atoms with Gasteiger partial charge in [0, 0.05) is 29.8 Å². The van der Waals surface area contributed by atoms with Crippen LogP contribution in [-0.4, -0.2) is 64.8 Å². The maximum Gasteiger partial charge on any atom is 0.309 e. The van der Waals surface area contributed by atoms with Gasteiger partial charge in [-0.15, -0.1) is 0 Å². The monoisotopic (exact) mass is 403 g/mol. The second-order valence-electron chi connectivity index (χ2n) is 10.8. The van der Waals surface area contributed by atoms with Crippen LogP contribution in [0.3, 0.4) is 0 Å². The zero-order valence-corrected chi connectivity index (χ0v) is 17.4. The number of carbonyl (C=O) groups excluding carboxylic acids is 1. The summed E-state index contributed by atoms with van der Waals surface area (Å²) in [4.78, 5) is 15.1. The van der Waals surface area contributed by atoms with Crippen LogP contribution in [0.1, 0.15) is 45.4 Å². The van der Waals surface area contributed by atoms with Gasteiger partial charge in [0.25, 0.3) is 0 Å². The number of rotatable bonds is 2. The number of aliphatic hydroxyl groups is 3. The third-order valence-electron chi connectivity index (χ3n) is 10.4. The molecule has 4 fully saturated rings. The van der Waals surface area contributed by atoms with Gasteiger partial charge in [-0.05, 0) is 56.3 Å². The van der Waals surface area contributed by atoms with Crippen molar-refractivity contribution in [2.75, 3.05) is 26.8 Å². The highest BCUT2D eigenvalue weighted by Crippen LogP contribution is 2.79. The molecule has 9 atom stereocenters. The standard InChI is InChI=1S/C23H33NO5/c1-12-9-24-10-14-5-3-13-4-6-15-16(20(27)29-2)8-22(19(13)15)21(14,11-25)18(26)7-17(12)23(22,24)28/h12,14-18,25-26,28H,3-11H2,1-2H3/t12-,14+,15+,16+,17+,18+,21+,22+,23+/m0/s1. The first kappa shape index (κ1) is 18.8. The van der Waals surface area contributed by atoms with Crippen LogP contribution in [0.2, 0.25) is 0 Å². The average Bonchev–Trinajstić information content (AvgIpc) is 3.32. The van der Waals surface area contributed by atoms with Crippen molar-refractivity contribution in [1.29, 1.82) is 0 Å². The Morgan fingerprint density at radius 3 is 2.76 bits per heavy atom. The molecule has 3 N–H and O–H groups in total. The van der Waals surface area contributed by atoms with E-state index < -0.39 is 22.7 Å². The number of piperidine rings is 1. The van der Waals surface area contributed by atoms with Crippen molar-refractivity contribution in [3.8, 4) is 0 Å². The minimum Gasteiger partial charge on any atom is -0.469 e. The van der Waals surface area contributed by atoms with Gasteiger partial charge in [0.15, 0.2) is 0 Å². The van der Waals surface area contributed by atoms with E-state index in [1.807, 2.05) is 0 Å². The van der Waals surface area contributed by atoms with Crippen molar-refractivity contribution in [1.82, 2.24) is 4.90 Å². The molecule has 0 radical (unpaired) electrons. The largest absolute Gasteiger partial charge is 0.469 e. The predicted molar refractivity (Wildman–Crippen MR) is 104 cm³/mol. The van der Waals surface area contributed by atoms with Crippen molar-refractivity contribution in [2.24, 2.45) is 40.4 Å². The molecule has 4 aliphatic carbocycles. The van der Waals surface area contributed by atoms with E-state index in [0.717, 1.165) is 38.8 Å². The van der Waals surface area contributed by atoms with Gasteiger partial charge in [-0.2, -0.15) is 0 Å². The fourth-order valence-electron chi connectivity index (χ4n) is 9.56. The van der Waals surface area contributed by atoms with Gasteiger partial charge in [-0.25, -0.2) is 0 Å². The van der Waals surface area contributed by atoms with Crippen molar-refractivity contribution < 1.29 is 24.9 Å². The minimum atomic E-state index is -1.10. The van der Waals surface area contributed by atoms with Crippen molar-refractivity contribution in [3.63, 3.8) is 0 Å². The van der Waals surface area contributed by atoms with Crippen LogP contribution in [0.4, 0.5) is 0 Å². The summed E-state index contributed by atoms with van der Waals surface area (Å²) < 4.78 is 5.21. The van der Waals surface area contributed by atoms with E-state index in [9.17, 15) is 20.1 Å². The molecule has 0 amide bonds. The summed E-state index contributed by atoms with van der Waals surface area (Å²) >= 11 is 0. The van der Waals surface area contributed by atoms with E-state index in [4.69, 9.17) is 4.74 Å². The lowest BCUT2D eigenvalue weighted by atomic mass is 9.41. The number of esters is 1. The lowest BCUT2D eigenvalue weighted by Crippen LogP contribution is -2.79. The summed E-state index contributed by atoms with van der Waals surface area (Å²) in [6, 6.07) is 0. The summed E-state index contributed by atoms with van der Waals surface area (Å²) in [6.45, 7) is 3.60. The minimum absolute atomic E-state index is 0.0392. The Balaban J connectivity index is 1.68. The highest BCUT2D eigenvalue weighted by molar-refractivity contribution is 5.75. The number of hydrogen-bond acceptors (Lipinski definition) is 6.